The SMILES string of the molecule is CCOc1cccc2cc(-c3cc(=O)oc4c5c(ccc34)OCN(C3CC3)C5)c(=O)oc12. The van der Waals surface area contributed by atoms with Gasteiger partial charge in [-0.3, -0.25) is 4.90 Å². The van der Waals surface area contributed by atoms with E-state index < -0.39 is 11.3 Å². The molecule has 0 N–H and O–H groups in total. The normalized spacial score (nSPS) is 16.2. The zero-order valence-corrected chi connectivity index (χ0v) is 17.6. The molecule has 2 aromatic carbocycles. The summed E-state index contributed by atoms with van der Waals surface area (Å²) in [6.45, 7) is 3.51. The third kappa shape index (κ3) is 3.08. The number of hydrogen-bond acceptors (Lipinski definition) is 7. The Labute approximate surface area is 182 Å². The highest BCUT2D eigenvalue weighted by molar-refractivity contribution is 5.97. The number of fused-ring (bicyclic) bond motifs is 4. The summed E-state index contributed by atoms with van der Waals surface area (Å²) in [5.41, 5.74) is 1.42. The molecular weight excluding hydrogens is 410 g/mol. The monoisotopic (exact) mass is 431 g/mol. The quantitative estimate of drug-likeness (QED) is 0.446. The van der Waals surface area contributed by atoms with E-state index in [1.54, 1.807) is 12.1 Å². The van der Waals surface area contributed by atoms with E-state index in [9.17, 15) is 9.59 Å². The summed E-state index contributed by atoms with van der Waals surface area (Å²) in [4.78, 5) is 27.8. The van der Waals surface area contributed by atoms with Crippen molar-refractivity contribution in [2.45, 2.75) is 32.4 Å². The summed E-state index contributed by atoms with van der Waals surface area (Å²) in [6, 6.07) is 12.8. The lowest BCUT2D eigenvalue weighted by Crippen LogP contribution is -2.33. The van der Waals surface area contributed by atoms with E-state index in [0.29, 0.717) is 70.5 Å². The fourth-order valence-electron chi connectivity index (χ4n) is 4.42. The smallest absolute Gasteiger partial charge is 0.344 e. The Bertz CT molecular complexity index is 1480. The summed E-state index contributed by atoms with van der Waals surface area (Å²) >= 11 is 0. The Morgan fingerprint density at radius 3 is 2.72 bits per heavy atom. The topological polar surface area (TPSA) is 82.1 Å². The van der Waals surface area contributed by atoms with Crippen LogP contribution in [0.4, 0.5) is 0 Å². The Morgan fingerprint density at radius 2 is 1.91 bits per heavy atom. The van der Waals surface area contributed by atoms with Crippen molar-refractivity contribution in [1.82, 2.24) is 4.90 Å². The highest BCUT2D eigenvalue weighted by Crippen LogP contribution is 2.39. The van der Waals surface area contributed by atoms with E-state index >= 15 is 0 Å². The van der Waals surface area contributed by atoms with E-state index in [4.69, 9.17) is 18.3 Å². The molecule has 1 saturated carbocycles. The number of hydrogen-bond donors (Lipinski definition) is 0. The van der Waals surface area contributed by atoms with Crippen LogP contribution in [0.2, 0.25) is 0 Å². The third-order valence-corrected chi connectivity index (χ3v) is 6.10. The summed E-state index contributed by atoms with van der Waals surface area (Å²) < 4.78 is 22.8. The lowest BCUT2D eigenvalue weighted by Gasteiger charge is -2.29. The second-order valence-electron chi connectivity index (χ2n) is 8.20. The van der Waals surface area contributed by atoms with Crippen molar-refractivity contribution in [2.24, 2.45) is 0 Å². The molecule has 2 aromatic heterocycles. The minimum atomic E-state index is -0.537. The molecule has 0 atom stereocenters. The minimum Gasteiger partial charge on any atom is -0.490 e. The van der Waals surface area contributed by atoms with Crippen molar-refractivity contribution in [3.05, 3.63) is 68.9 Å². The van der Waals surface area contributed by atoms with Crippen molar-refractivity contribution in [3.63, 3.8) is 0 Å². The molecule has 7 nitrogen and oxygen atoms in total. The first-order chi connectivity index (χ1) is 15.6. The third-order valence-electron chi connectivity index (χ3n) is 6.10. The van der Waals surface area contributed by atoms with Crippen molar-refractivity contribution in [1.29, 1.82) is 0 Å². The van der Waals surface area contributed by atoms with E-state index in [-0.39, 0.29) is 0 Å². The predicted molar refractivity (Wildman–Crippen MR) is 119 cm³/mol. The van der Waals surface area contributed by atoms with E-state index in [0.717, 1.165) is 18.4 Å². The van der Waals surface area contributed by atoms with Gasteiger partial charge in [0.2, 0.25) is 0 Å². The molecule has 4 aromatic rings. The minimum absolute atomic E-state index is 0.305. The summed E-state index contributed by atoms with van der Waals surface area (Å²) in [5.74, 6) is 1.22. The second kappa shape index (κ2) is 7.24. The van der Waals surface area contributed by atoms with Gasteiger partial charge in [0.05, 0.1) is 17.7 Å². The van der Waals surface area contributed by atoms with Crippen molar-refractivity contribution in [2.75, 3.05) is 13.3 Å². The van der Waals surface area contributed by atoms with Gasteiger partial charge < -0.3 is 18.3 Å². The van der Waals surface area contributed by atoms with Crippen molar-refractivity contribution >= 4 is 21.9 Å². The van der Waals surface area contributed by atoms with E-state index in [1.165, 1.54) is 6.07 Å². The molecule has 0 saturated heterocycles. The fraction of sp³-hybridized carbons (Fsp3) is 0.280. The Kier molecular flexibility index (Phi) is 4.33. The molecule has 0 bridgehead atoms. The molecule has 32 heavy (non-hydrogen) atoms. The molecule has 162 valence electrons. The summed E-state index contributed by atoms with van der Waals surface area (Å²) in [5, 5.41) is 1.39. The largest absolute Gasteiger partial charge is 0.490 e. The van der Waals surface area contributed by atoms with Crippen LogP contribution in [0.5, 0.6) is 11.5 Å². The predicted octanol–water partition coefficient (Wildman–Crippen LogP) is 4.28. The Balaban J connectivity index is 1.56. The van der Waals surface area contributed by atoms with Gasteiger partial charge in [0, 0.05) is 35.0 Å². The Morgan fingerprint density at radius 1 is 1.03 bits per heavy atom. The molecule has 3 heterocycles. The lowest BCUT2D eigenvalue weighted by atomic mass is 9.99. The highest BCUT2D eigenvalue weighted by atomic mass is 16.5. The molecule has 1 aliphatic carbocycles. The average molecular weight is 431 g/mol. The van der Waals surface area contributed by atoms with Gasteiger partial charge in [-0.05, 0) is 44.0 Å². The first-order valence-corrected chi connectivity index (χ1v) is 10.8. The molecule has 1 fully saturated rings. The van der Waals surface area contributed by atoms with Crippen LogP contribution in [-0.2, 0) is 6.54 Å². The van der Waals surface area contributed by atoms with E-state index in [2.05, 4.69) is 4.90 Å². The van der Waals surface area contributed by atoms with Gasteiger partial charge in [0.15, 0.2) is 11.3 Å². The average Bonchev–Trinajstić information content (AvgIpc) is 3.64. The lowest BCUT2D eigenvalue weighted by molar-refractivity contribution is 0.0885. The van der Waals surface area contributed by atoms with Crippen molar-refractivity contribution in [3.8, 4) is 22.6 Å². The number of nitrogens with zero attached hydrogens (tertiary/aromatic N) is 1. The Hall–Kier alpha value is -3.58. The molecule has 2 aliphatic rings. The first-order valence-electron chi connectivity index (χ1n) is 10.8. The van der Waals surface area contributed by atoms with Gasteiger partial charge >= 0.3 is 11.3 Å². The standard InChI is InChI=1S/C25H21NO6/c1-2-29-21-5-3-4-14-10-18(25(28)32-23(14)21)17-11-22(27)31-24-16(17)8-9-20-19(24)12-26(13-30-20)15-6-7-15/h3-5,8-11,15H,2,6-7,12-13H2,1H3. The van der Waals surface area contributed by atoms with Gasteiger partial charge in [-0.1, -0.05) is 12.1 Å². The van der Waals surface area contributed by atoms with Crippen LogP contribution in [0.3, 0.4) is 0 Å². The van der Waals surface area contributed by atoms with Gasteiger partial charge in [-0.15, -0.1) is 0 Å². The zero-order chi connectivity index (χ0) is 21.8. The zero-order valence-electron chi connectivity index (χ0n) is 17.6. The van der Waals surface area contributed by atoms with Gasteiger partial charge in [-0.25, -0.2) is 9.59 Å². The number of rotatable bonds is 4. The van der Waals surface area contributed by atoms with Gasteiger partial charge in [0.25, 0.3) is 0 Å². The molecule has 0 radical (unpaired) electrons. The number of benzene rings is 2. The van der Waals surface area contributed by atoms with Crippen LogP contribution in [0.15, 0.2) is 60.9 Å². The first kappa shape index (κ1) is 19.1. The highest BCUT2D eigenvalue weighted by Gasteiger charge is 2.33. The summed E-state index contributed by atoms with van der Waals surface area (Å²) in [6.07, 6.45) is 2.31. The number of para-hydroxylation sites is 1. The van der Waals surface area contributed by atoms with Gasteiger partial charge in [-0.2, -0.15) is 0 Å². The van der Waals surface area contributed by atoms with Crippen LogP contribution in [0, 0.1) is 0 Å². The van der Waals surface area contributed by atoms with Crippen LogP contribution in [0.1, 0.15) is 25.3 Å². The molecule has 0 amide bonds. The van der Waals surface area contributed by atoms with Crippen LogP contribution >= 0.6 is 0 Å². The van der Waals surface area contributed by atoms with Crippen LogP contribution in [-0.4, -0.2) is 24.3 Å². The molecular formula is C25H21NO6. The maximum atomic E-state index is 13.0. The number of ether oxygens (including phenoxy) is 2. The van der Waals surface area contributed by atoms with Crippen LogP contribution in [0.25, 0.3) is 33.1 Å². The molecule has 0 unspecified atom stereocenters. The van der Waals surface area contributed by atoms with Gasteiger partial charge in [0.1, 0.15) is 18.1 Å². The maximum Gasteiger partial charge on any atom is 0.344 e. The fourth-order valence-corrected chi connectivity index (χ4v) is 4.42. The van der Waals surface area contributed by atoms with E-state index in [1.807, 2.05) is 31.2 Å². The van der Waals surface area contributed by atoms with Crippen LogP contribution < -0.4 is 20.7 Å². The summed E-state index contributed by atoms with van der Waals surface area (Å²) in [7, 11) is 0. The molecule has 0 spiro atoms. The maximum absolute atomic E-state index is 13.0. The molecule has 7 heteroatoms. The molecule has 1 aliphatic heterocycles. The van der Waals surface area contributed by atoms with Crippen molar-refractivity contribution < 1.29 is 18.3 Å². The molecule has 6 rings (SSSR count). The second-order valence-corrected chi connectivity index (χ2v) is 8.20.